The SMILES string of the molecule is NC(=O)c1cccc2c1c1[c]cc(-c3cccs3)cc1n2Cc1c(F)cccc1C(F)(F)F. The van der Waals surface area contributed by atoms with Crippen molar-refractivity contribution in [1.82, 2.24) is 4.57 Å². The minimum absolute atomic E-state index is 0.223. The Morgan fingerprint density at radius 1 is 1.06 bits per heavy atom. The average Bonchev–Trinajstić information content (AvgIpc) is 3.41. The van der Waals surface area contributed by atoms with Gasteiger partial charge in [-0.25, -0.2) is 4.39 Å². The van der Waals surface area contributed by atoms with Gasteiger partial charge in [0, 0.05) is 26.8 Å². The van der Waals surface area contributed by atoms with E-state index >= 15 is 0 Å². The summed E-state index contributed by atoms with van der Waals surface area (Å²) in [4.78, 5) is 13.1. The first-order valence-electron chi connectivity index (χ1n) is 9.90. The lowest BCUT2D eigenvalue weighted by Crippen LogP contribution is -2.14. The predicted molar refractivity (Wildman–Crippen MR) is 121 cm³/mol. The average molecular weight is 467 g/mol. The van der Waals surface area contributed by atoms with Crippen LogP contribution in [0.1, 0.15) is 21.5 Å². The van der Waals surface area contributed by atoms with Crippen LogP contribution < -0.4 is 5.73 Å². The van der Waals surface area contributed by atoms with Crippen LogP contribution in [-0.2, 0) is 12.7 Å². The number of thiophene rings is 1. The molecule has 0 fully saturated rings. The molecule has 1 radical (unpaired) electrons. The van der Waals surface area contributed by atoms with E-state index in [1.54, 1.807) is 28.8 Å². The summed E-state index contributed by atoms with van der Waals surface area (Å²) in [5, 5.41) is 2.92. The van der Waals surface area contributed by atoms with Crippen LogP contribution in [0.15, 0.2) is 66.0 Å². The number of benzene rings is 3. The molecular formula is C25H15F4N2OS. The van der Waals surface area contributed by atoms with Gasteiger partial charge in [-0.15, -0.1) is 11.3 Å². The zero-order valence-corrected chi connectivity index (χ0v) is 17.7. The van der Waals surface area contributed by atoms with Crippen LogP contribution in [0.4, 0.5) is 17.6 Å². The van der Waals surface area contributed by atoms with Crippen molar-refractivity contribution >= 4 is 39.0 Å². The molecule has 0 saturated carbocycles. The van der Waals surface area contributed by atoms with E-state index < -0.39 is 29.0 Å². The molecule has 165 valence electrons. The van der Waals surface area contributed by atoms with Crippen LogP contribution in [0, 0.1) is 11.9 Å². The second-order valence-electron chi connectivity index (χ2n) is 7.54. The highest BCUT2D eigenvalue weighted by molar-refractivity contribution is 7.13. The van der Waals surface area contributed by atoms with Gasteiger partial charge < -0.3 is 10.3 Å². The normalized spacial score (nSPS) is 12.0. The Morgan fingerprint density at radius 3 is 2.55 bits per heavy atom. The number of hydrogen-bond acceptors (Lipinski definition) is 2. The van der Waals surface area contributed by atoms with E-state index in [0.29, 0.717) is 21.8 Å². The highest BCUT2D eigenvalue weighted by Crippen LogP contribution is 2.38. The first-order chi connectivity index (χ1) is 15.8. The second kappa shape index (κ2) is 7.74. The first-order valence-corrected chi connectivity index (χ1v) is 10.8. The number of aromatic nitrogens is 1. The van der Waals surface area contributed by atoms with Gasteiger partial charge in [0.15, 0.2) is 0 Å². The molecule has 5 aromatic rings. The van der Waals surface area contributed by atoms with Gasteiger partial charge in [0.2, 0.25) is 5.91 Å². The monoisotopic (exact) mass is 467 g/mol. The molecule has 8 heteroatoms. The summed E-state index contributed by atoms with van der Waals surface area (Å²) in [7, 11) is 0. The van der Waals surface area contributed by atoms with Crippen LogP contribution in [0.2, 0.25) is 0 Å². The van der Waals surface area contributed by atoms with Gasteiger partial charge in [-0.1, -0.05) is 18.2 Å². The molecule has 0 aliphatic carbocycles. The van der Waals surface area contributed by atoms with Gasteiger partial charge in [-0.2, -0.15) is 13.2 Å². The Morgan fingerprint density at radius 2 is 1.85 bits per heavy atom. The molecule has 33 heavy (non-hydrogen) atoms. The van der Waals surface area contributed by atoms with Crippen molar-refractivity contribution in [3.63, 3.8) is 0 Å². The number of halogens is 4. The fourth-order valence-corrected chi connectivity index (χ4v) is 4.87. The lowest BCUT2D eigenvalue weighted by molar-refractivity contribution is -0.138. The van der Waals surface area contributed by atoms with E-state index in [0.717, 1.165) is 28.6 Å². The number of carbonyl (C=O) groups is 1. The zero-order chi connectivity index (χ0) is 23.3. The number of alkyl halides is 3. The molecular weight excluding hydrogens is 452 g/mol. The van der Waals surface area contributed by atoms with Gasteiger partial charge in [-0.3, -0.25) is 4.79 Å². The number of nitrogens with two attached hydrogens (primary N) is 1. The van der Waals surface area contributed by atoms with Crippen molar-refractivity contribution in [2.24, 2.45) is 5.73 Å². The maximum absolute atomic E-state index is 14.7. The minimum atomic E-state index is -4.72. The van der Waals surface area contributed by atoms with Crippen molar-refractivity contribution in [1.29, 1.82) is 0 Å². The molecule has 2 aromatic heterocycles. The smallest absolute Gasteiger partial charge is 0.366 e. The van der Waals surface area contributed by atoms with E-state index in [1.807, 2.05) is 23.6 Å². The lowest BCUT2D eigenvalue weighted by Gasteiger charge is -2.16. The highest BCUT2D eigenvalue weighted by Gasteiger charge is 2.34. The standard InChI is InChI=1S/C25H15F4N2OS/c26-19-6-2-5-18(25(27,28)29)17(19)13-31-20-7-1-4-16(24(30)32)23(20)15-10-9-14(12-21(15)31)22-8-3-11-33-22/h1-9,11-12H,13H2,(H2,30,32). The van der Waals surface area contributed by atoms with Crippen LogP contribution in [0.3, 0.4) is 0 Å². The van der Waals surface area contributed by atoms with Gasteiger partial charge in [0.05, 0.1) is 23.1 Å². The zero-order valence-electron chi connectivity index (χ0n) is 16.9. The Balaban J connectivity index is 1.84. The Kier molecular flexibility index (Phi) is 4.97. The van der Waals surface area contributed by atoms with Crippen LogP contribution in [-0.4, -0.2) is 10.5 Å². The van der Waals surface area contributed by atoms with Gasteiger partial charge in [0.25, 0.3) is 0 Å². The number of nitrogens with zero attached hydrogens (tertiary/aromatic N) is 1. The molecule has 2 heterocycles. The molecule has 5 rings (SSSR count). The van der Waals surface area contributed by atoms with Gasteiger partial charge >= 0.3 is 6.18 Å². The molecule has 2 N–H and O–H groups in total. The summed E-state index contributed by atoms with van der Waals surface area (Å²) in [5.41, 5.74) is 6.09. The highest BCUT2D eigenvalue weighted by atomic mass is 32.1. The van der Waals surface area contributed by atoms with E-state index in [9.17, 15) is 22.4 Å². The van der Waals surface area contributed by atoms with E-state index in [-0.39, 0.29) is 12.1 Å². The summed E-state index contributed by atoms with van der Waals surface area (Å²) in [5.74, 6) is -1.62. The minimum Gasteiger partial charge on any atom is -0.366 e. The molecule has 3 nitrogen and oxygen atoms in total. The third kappa shape index (κ3) is 3.56. The Labute approximate surface area is 189 Å². The van der Waals surface area contributed by atoms with E-state index in [2.05, 4.69) is 6.07 Å². The van der Waals surface area contributed by atoms with Crippen LogP contribution in [0.5, 0.6) is 0 Å². The summed E-state index contributed by atoms with van der Waals surface area (Å²) in [6.07, 6.45) is -4.72. The van der Waals surface area contributed by atoms with Crippen LogP contribution in [0.25, 0.3) is 32.2 Å². The van der Waals surface area contributed by atoms with E-state index in [4.69, 9.17) is 5.73 Å². The molecule has 1 amide bonds. The predicted octanol–water partition coefficient (Wildman–Crippen LogP) is 6.63. The van der Waals surface area contributed by atoms with E-state index in [1.165, 1.54) is 11.3 Å². The topological polar surface area (TPSA) is 48.0 Å². The maximum Gasteiger partial charge on any atom is 0.416 e. The Bertz CT molecular complexity index is 1520. The number of primary amides is 1. The largest absolute Gasteiger partial charge is 0.416 e. The number of carbonyl (C=O) groups excluding carboxylic acids is 1. The molecule has 0 aliphatic rings. The van der Waals surface area contributed by atoms with Gasteiger partial charge in [0.1, 0.15) is 5.82 Å². The summed E-state index contributed by atoms with van der Waals surface area (Å²) < 4.78 is 57.3. The third-order valence-corrected chi connectivity index (χ3v) is 6.52. The number of rotatable bonds is 4. The Hall–Kier alpha value is -3.65. The molecule has 0 bridgehead atoms. The fourth-order valence-electron chi connectivity index (χ4n) is 4.16. The summed E-state index contributed by atoms with van der Waals surface area (Å²) >= 11 is 1.51. The second-order valence-corrected chi connectivity index (χ2v) is 8.49. The van der Waals surface area contributed by atoms with Crippen molar-refractivity contribution in [2.45, 2.75) is 12.7 Å². The molecule has 0 unspecified atom stereocenters. The van der Waals surface area contributed by atoms with Crippen molar-refractivity contribution in [3.8, 4) is 10.4 Å². The molecule has 0 saturated heterocycles. The molecule has 0 spiro atoms. The maximum atomic E-state index is 14.7. The number of amides is 1. The lowest BCUT2D eigenvalue weighted by atomic mass is 10.0. The molecule has 0 atom stereocenters. The number of hydrogen-bond donors (Lipinski definition) is 1. The molecule has 3 aromatic carbocycles. The quantitative estimate of drug-likeness (QED) is 0.297. The van der Waals surface area contributed by atoms with Crippen molar-refractivity contribution in [2.75, 3.05) is 0 Å². The number of fused-ring (bicyclic) bond motifs is 3. The summed E-state index contributed by atoms with van der Waals surface area (Å²) in [6, 6.07) is 18.3. The van der Waals surface area contributed by atoms with Gasteiger partial charge in [-0.05, 0) is 59.5 Å². The van der Waals surface area contributed by atoms with Crippen molar-refractivity contribution < 1.29 is 22.4 Å². The third-order valence-electron chi connectivity index (χ3n) is 5.61. The fraction of sp³-hybridized carbons (Fsp3) is 0.0800. The van der Waals surface area contributed by atoms with Crippen molar-refractivity contribution in [3.05, 3.63) is 94.6 Å². The first kappa shape index (κ1) is 21.2. The van der Waals surface area contributed by atoms with Crippen LogP contribution >= 0.6 is 11.3 Å². The molecule has 0 aliphatic heterocycles. The summed E-state index contributed by atoms with van der Waals surface area (Å²) in [6.45, 7) is -0.383.